The number of rotatable bonds is 1. The van der Waals surface area contributed by atoms with Crippen LogP contribution in [0.3, 0.4) is 0 Å². The molecule has 0 unspecified atom stereocenters. The van der Waals surface area contributed by atoms with E-state index in [0.29, 0.717) is 0 Å². The van der Waals surface area contributed by atoms with Crippen molar-refractivity contribution in [3.05, 3.63) is 109 Å². The van der Waals surface area contributed by atoms with Gasteiger partial charge < -0.3 is 0 Å². The fourth-order valence-corrected chi connectivity index (χ4v) is 6.13. The fourth-order valence-electron chi connectivity index (χ4n) is 4.93. The van der Waals surface area contributed by atoms with Crippen LogP contribution >= 0.6 is 11.3 Å². The third-order valence-electron chi connectivity index (χ3n) is 6.34. The summed E-state index contributed by atoms with van der Waals surface area (Å²) in [5.41, 5.74) is 1.20. The maximum absolute atomic E-state index is 2.36. The summed E-state index contributed by atoms with van der Waals surface area (Å²) in [6.45, 7) is 0. The number of pyridine rings is 1. The quantitative estimate of drug-likeness (QED) is 0.191. The molecule has 2 aromatic heterocycles. The van der Waals surface area contributed by atoms with Crippen LogP contribution in [0.4, 0.5) is 0 Å². The molecule has 7 rings (SSSR count). The minimum absolute atomic E-state index is 1.20. The van der Waals surface area contributed by atoms with Gasteiger partial charge in [-0.3, -0.25) is 0 Å². The van der Waals surface area contributed by atoms with E-state index in [0.717, 1.165) is 0 Å². The van der Waals surface area contributed by atoms with E-state index in [-0.39, 0.29) is 0 Å². The van der Waals surface area contributed by atoms with Gasteiger partial charge >= 0.3 is 0 Å². The molecular formula is C29H18NS+. The Hall–Kier alpha value is -3.75. The van der Waals surface area contributed by atoms with Gasteiger partial charge in [-0.1, -0.05) is 78.1 Å². The van der Waals surface area contributed by atoms with Crippen molar-refractivity contribution in [1.82, 2.24) is 0 Å². The molecule has 0 saturated carbocycles. The summed E-state index contributed by atoms with van der Waals surface area (Å²) in [5, 5.41) is 10.5. The summed E-state index contributed by atoms with van der Waals surface area (Å²) in [5.74, 6) is 0. The van der Waals surface area contributed by atoms with E-state index in [1.807, 2.05) is 11.3 Å². The molecule has 7 aromatic rings. The van der Waals surface area contributed by atoms with E-state index in [9.17, 15) is 0 Å². The molecular weight excluding hydrogens is 394 g/mol. The lowest BCUT2D eigenvalue weighted by atomic mass is 9.94. The first-order valence-electron chi connectivity index (χ1n) is 10.5. The molecule has 0 spiro atoms. The number of hydrogen-bond acceptors (Lipinski definition) is 1. The van der Waals surface area contributed by atoms with E-state index in [1.165, 1.54) is 58.3 Å². The molecule has 0 aliphatic heterocycles. The molecule has 2 heteroatoms. The Balaban J connectivity index is 1.60. The lowest BCUT2D eigenvalue weighted by Gasteiger charge is -2.10. The standard InChI is InChI=1S/C29H18NS/c1-2-10-22-20(8-1)21-9-3-4-11-23(21)27-18-19(15-16-24(22)27)30-17-7-13-26-25-12-5-6-14-28(25)31-29(26)30/h1-18H/q+1. The smallest absolute Gasteiger partial charge is 0.151 e. The number of thiophene rings is 1. The molecule has 0 atom stereocenters. The first kappa shape index (κ1) is 17.0. The number of aromatic nitrogens is 1. The Morgan fingerprint density at radius 2 is 1.00 bits per heavy atom. The van der Waals surface area contributed by atoms with E-state index < -0.39 is 0 Å². The highest BCUT2D eigenvalue weighted by molar-refractivity contribution is 7.25. The van der Waals surface area contributed by atoms with Crippen LogP contribution in [0.1, 0.15) is 0 Å². The monoisotopic (exact) mass is 412 g/mol. The zero-order valence-electron chi connectivity index (χ0n) is 16.7. The Morgan fingerprint density at radius 1 is 0.452 bits per heavy atom. The molecule has 0 amide bonds. The van der Waals surface area contributed by atoms with Crippen LogP contribution in [-0.4, -0.2) is 0 Å². The molecule has 144 valence electrons. The van der Waals surface area contributed by atoms with Crippen LogP contribution in [0.2, 0.25) is 0 Å². The Bertz CT molecular complexity index is 1760. The van der Waals surface area contributed by atoms with Crippen molar-refractivity contribution in [2.75, 3.05) is 0 Å². The molecule has 31 heavy (non-hydrogen) atoms. The molecule has 0 bridgehead atoms. The fraction of sp³-hybridized carbons (Fsp3) is 0. The summed E-state index contributed by atoms with van der Waals surface area (Å²) in [6.07, 6.45) is 2.18. The minimum atomic E-state index is 1.20. The first-order chi connectivity index (χ1) is 15.4. The molecule has 0 N–H and O–H groups in total. The van der Waals surface area contributed by atoms with Crippen LogP contribution in [0.5, 0.6) is 0 Å². The van der Waals surface area contributed by atoms with Crippen LogP contribution in [0.25, 0.3) is 58.3 Å². The summed E-state index contributed by atoms with van der Waals surface area (Å²) in [7, 11) is 0. The SMILES string of the molecule is c1ccc2c(c1)sc1c2ccc[n+]1-c1ccc2c3ccccc3c3ccccc3c2c1. The van der Waals surface area contributed by atoms with E-state index in [2.05, 4.69) is 114 Å². The number of benzene rings is 5. The van der Waals surface area contributed by atoms with Gasteiger partial charge in [0.05, 0.1) is 5.39 Å². The number of hydrogen-bond donors (Lipinski definition) is 0. The normalized spacial score (nSPS) is 11.9. The molecule has 0 aliphatic rings. The Morgan fingerprint density at radius 3 is 1.71 bits per heavy atom. The topological polar surface area (TPSA) is 3.88 Å². The summed E-state index contributed by atoms with van der Waals surface area (Å²) < 4.78 is 3.67. The van der Waals surface area contributed by atoms with Gasteiger partial charge in [0.25, 0.3) is 4.83 Å². The predicted molar refractivity (Wildman–Crippen MR) is 133 cm³/mol. The summed E-state index contributed by atoms with van der Waals surface area (Å²) in [6, 6.07) is 37.5. The van der Waals surface area contributed by atoms with Crippen molar-refractivity contribution in [3.63, 3.8) is 0 Å². The summed E-state index contributed by atoms with van der Waals surface area (Å²) in [4.78, 5) is 1.29. The predicted octanol–water partition coefficient (Wildman–Crippen LogP) is 7.79. The van der Waals surface area contributed by atoms with Crippen LogP contribution < -0.4 is 4.57 Å². The zero-order chi connectivity index (χ0) is 20.4. The van der Waals surface area contributed by atoms with Crippen molar-refractivity contribution < 1.29 is 4.57 Å². The van der Waals surface area contributed by atoms with Crippen molar-refractivity contribution in [3.8, 4) is 5.69 Å². The third-order valence-corrected chi connectivity index (χ3v) is 7.52. The van der Waals surface area contributed by atoms with Crippen molar-refractivity contribution >= 4 is 64.0 Å². The summed E-state index contributed by atoms with van der Waals surface area (Å²) >= 11 is 1.86. The second-order valence-electron chi connectivity index (χ2n) is 8.02. The van der Waals surface area contributed by atoms with E-state index >= 15 is 0 Å². The lowest BCUT2D eigenvalue weighted by molar-refractivity contribution is -0.564. The van der Waals surface area contributed by atoms with Gasteiger partial charge in [-0.15, -0.1) is 0 Å². The van der Waals surface area contributed by atoms with Gasteiger partial charge in [0.2, 0.25) is 5.69 Å². The van der Waals surface area contributed by atoms with Gasteiger partial charge in [0.1, 0.15) is 0 Å². The highest BCUT2D eigenvalue weighted by Crippen LogP contribution is 2.36. The molecule has 0 saturated heterocycles. The largest absolute Gasteiger partial charge is 0.275 e. The van der Waals surface area contributed by atoms with Gasteiger partial charge in [0, 0.05) is 28.3 Å². The van der Waals surface area contributed by atoms with Crippen LogP contribution in [0.15, 0.2) is 109 Å². The van der Waals surface area contributed by atoms with Gasteiger partial charge in [-0.25, -0.2) is 0 Å². The number of fused-ring (bicyclic) bond motifs is 9. The Kier molecular flexibility index (Phi) is 3.49. The second kappa shape index (κ2) is 6.37. The van der Waals surface area contributed by atoms with Crippen LogP contribution in [0, 0.1) is 0 Å². The van der Waals surface area contributed by atoms with Crippen molar-refractivity contribution in [2.24, 2.45) is 0 Å². The third kappa shape index (κ3) is 2.40. The van der Waals surface area contributed by atoms with Gasteiger partial charge in [0.15, 0.2) is 6.20 Å². The van der Waals surface area contributed by atoms with Gasteiger partial charge in [-0.05, 0) is 50.5 Å². The van der Waals surface area contributed by atoms with Crippen molar-refractivity contribution in [1.29, 1.82) is 0 Å². The average molecular weight is 413 g/mol. The minimum Gasteiger partial charge on any atom is -0.151 e. The highest BCUT2D eigenvalue weighted by atomic mass is 32.1. The Labute approximate surface area is 183 Å². The van der Waals surface area contributed by atoms with E-state index in [1.54, 1.807) is 0 Å². The lowest BCUT2D eigenvalue weighted by Crippen LogP contribution is -2.29. The molecule has 0 aliphatic carbocycles. The maximum atomic E-state index is 2.36. The maximum Gasteiger partial charge on any atom is 0.275 e. The van der Waals surface area contributed by atoms with Crippen molar-refractivity contribution in [2.45, 2.75) is 0 Å². The van der Waals surface area contributed by atoms with Crippen LogP contribution in [-0.2, 0) is 0 Å². The molecule has 1 nitrogen and oxygen atoms in total. The molecule has 0 fully saturated rings. The van der Waals surface area contributed by atoms with E-state index in [4.69, 9.17) is 0 Å². The number of nitrogens with zero attached hydrogens (tertiary/aromatic N) is 1. The first-order valence-corrected chi connectivity index (χ1v) is 11.4. The zero-order valence-corrected chi connectivity index (χ0v) is 17.6. The second-order valence-corrected chi connectivity index (χ2v) is 9.05. The average Bonchev–Trinajstić information content (AvgIpc) is 3.23. The molecule has 5 aromatic carbocycles. The molecule has 2 heterocycles. The molecule has 0 radical (unpaired) electrons. The highest BCUT2D eigenvalue weighted by Gasteiger charge is 2.18. The van der Waals surface area contributed by atoms with Gasteiger partial charge in [-0.2, -0.15) is 4.57 Å².